The zero-order chi connectivity index (χ0) is 9.15. The zero-order valence-corrected chi connectivity index (χ0v) is 8.43. The first kappa shape index (κ1) is 9.47. The van der Waals surface area contributed by atoms with Crippen LogP contribution in [0.1, 0.15) is 44.9 Å². The molecular formula is C11H21NO. The van der Waals surface area contributed by atoms with Gasteiger partial charge in [0, 0.05) is 6.61 Å². The summed E-state index contributed by atoms with van der Waals surface area (Å²) in [5.41, 5.74) is 6.33. The Morgan fingerprint density at radius 2 is 2.15 bits per heavy atom. The van der Waals surface area contributed by atoms with Gasteiger partial charge in [0.1, 0.15) is 0 Å². The average molecular weight is 183 g/mol. The van der Waals surface area contributed by atoms with E-state index in [2.05, 4.69) is 0 Å². The minimum Gasteiger partial charge on any atom is -0.378 e. The molecule has 1 unspecified atom stereocenters. The summed E-state index contributed by atoms with van der Waals surface area (Å²) in [4.78, 5) is 0. The summed E-state index contributed by atoms with van der Waals surface area (Å²) in [5, 5.41) is 0. The van der Waals surface area contributed by atoms with Gasteiger partial charge in [-0.05, 0) is 50.5 Å². The highest BCUT2D eigenvalue weighted by molar-refractivity contribution is 4.89. The van der Waals surface area contributed by atoms with E-state index in [1.807, 2.05) is 0 Å². The zero-order valence-electron chi connectivity index (χ0n) is 8.43. The number of nitrogens with two attached hydrogens (primary N) is 1. The van der Waals surface area contributed by atoms with Crippen molar-refractivity contribution < 1.29 is 4.74 Å². The summed E-state index contributed by atoms with van der Waals surface area (Å²) in [6.07, 6.45) is 9.76. The molecule has 0 amide bonds. The Morgan fingerprint density at radius 3 is 2.62 bits per heavy atom. The fraction of sp³-hybridized carbons (Fsp3) is 1.00. The van der Waals surface area contributed by atoms with Crippen LogP contribution in [0, 0.1) is 5.41 Å². The Bertz CT molecular complexity index is 154. The Balaban J connectivity index is 1.71. The third-order valence-electron chi connectivity index (χ3n) is 3.87. The van der Waals surface area contributed by atoms with Gasteiger partial charge in [-0.2, -0.15) is 0 Å². The van der Waals surface area contributed by atoms with Gasteiger partial charge in [0.2, 0.25) is 0 Å². The minimum atomic E-state index is 0.520. The molecule has 1 aliphatic carbocycles. The summed E-state index contributed by atoms with van der Waals surface area (Å²) in [7, 11) is 0. The molecule has 2 fully saturated rings. The maximum atomic E-state index is 5.81. The molecule has 0 spiro atoms. The monoisotopic (exact) mass is 183 g/mol. The van der Waals surface area contributed by atoms with Crippen molar-refractivity contribution in [1.82, 2.24) is 0 Å². The van der Waals surface area contributed by atoms with Gasteiger partial charge in [0.05, 0.1) is 6.10 Å². The van der Waals surface area contributed by atoms with Crippen LogP contribution in [0.4, 0.5) is 0 Å². The third kappa shape index (κ3) is 2.05. The highest BCUT2D eigenvalue weighted by Gasteiger charge is 2.35. The van der Waals surface area contributed by atoms with Crippen LogP contribution in [-0.4, -0.2) is 19.3 Å². The first-order chi connectivity index (χ1) is 6.35. The normalized spacial score (nSPS) is 31.6. The molecule has 0 aromatic rings. The van der Waals surface area contributed by atoms with Crippen LogP contribution >= 0.6 is 0 Å². The summed E-state index contributed by atoms with van der Waals surface area (Å²) >= 11 is 0. The number of ether oxygens (including phenoxy) is 1. The van der Waals surface area contributed by atoms with Crippen LogP contribution in [0.5, 0.6) is 0 Å². The summed E-state index contributed by atoms with van der Waals surface area (Å²) in [5.74, 6) is 0. The van der Waals surface area contributed by atoms with Crippen LogP contribution in [0.3, 0.4) is 0 Å². The second-order valence-corrected chi connectivity index (χ2v) is 4.73. The molecule has 0 radical (unpaired) electrons. The predicted molar refractivity (Wildman–Crippen MR) is 53.5 cm³/mol. The molecular weight excluding hydrogens is 162 g/mol. The van der Waals surface area contributed by atoms with E-state index >= 15 is 0 Å². The summed E-state index contributed by atoms with van der Waals surface area (Å²) in [6, 6.07) is 0. The number of hydrogen-bond donors (Lipinski definition) is 1. The second-order valence-electron chi connectivity index (χ2n) is 4.73. The molecule has 2 aliphatic rings. The Kier molecular flexibility index (Phi) is 2.89. The molecule has 13 heavy (non-hydrogen) atoms. The fourth-order valence-electron chi connectivity index (χ4n) is 2.57. The van der Waals surface area contributed by atoms with Gasteiger partial charge < -0.3 is 10.5 Å². The van der Waals surface area contributed by atoms with Crippen molar-refractivity contribution in [2.24, 2.45) is 11.1 Å². The van der Waals surface area contributed by atoms with Crippen molar-refractivity contribution in [2.45, 2.75) is 51.0 Å². The lowest BCUT2D eigenvalue weighted by Crippen LogP contribution is -2.37. The first-order valence-corrected chi connectivity index (χ1v) is 5.66. The van der Waals surface area contributed by atoms with E-state index in [1.165, 1.54) is 44.9 Å². The van der Waals surface area contributed by atoms with Gasteiger partial charge in [0.15, 0.2) is 0 Å². The van der Waals surface area contributed by atoms with Crippen molar-refractivity contribution in [1.29, 1.82) is 0 Å². The molecule has 2 N–H and O–H groups in total. The van der Waals surface area contributed by atoms with Crippen LogP contribution in [0.25, 0.3) is 0 Å². The fourth-order valence-corrected chi connectivity index (χ4v) is 2.57. The molecule has 2 heteroatoms. The molecule has 0 bridgehead atoms. The maximum absolute atomic E-state index is 5.81. The van der Waals surface area contributed by atoms with Gasteiger partial charge in [-0.1, -0.05) is 6.42 Å². The van der Waals surface area contributed by atoms with E-state index in [1.54, 1.807) is 0 Å². The van der Waals surface area contributed by atoms with Crippen LogP contribution in [-0.2, 0) is 4.74 Å². The molecule has 1 aliphatic heterocycles. The molecule has 1 atom stereocenters. The highest BCUT2D eigenvalue weighted by Crippen LogP contribution is 2.44. The highest BCUT2D eigenvalue weighted by atomic mass is 16.5. The topological polar surface area (TPSA) is 35.2 Å². The van der Waals surface area contributed by atoms with E-state index in [4.69, 9.17) is 10.5 Å². The smallest absolute Gasteiger partial charge is 0.0576 e. The van der Waals surface area contributed by atoms with E-state index in [-0.39, 0.29) is 0 Å². The van der Waals surface area contributed by atoms with Crippen LogP contribution < -0.4 is 5.73 Å². The van der Waals surface area contributed by atoms with E-state index < -0.39 is 0 Å². The van der Waals surface area contributed by atoms with Crippen molar-refractivity contribution in [2.75, 3.05) is 13.2 Å². The minimum absolute atomic E-state index is 0.520. The average Bonchev–Trinajstić information content (AvgIpc) is 2.56. The molecule has 76 valence electrons. The van der Waals surface area contributed by atoms with Gasteiger partial charge in [0.25, 0.3) is 0 Å². The van der Waals surface area contributed by atoms with Crippen LogP contribution in [0.15, 0.2) is 0 Å². The molecule has 2 nitrogen and oxygen atoms in total. The van der Waals surface area contributed by atoms with Gasteiger partial charge >= 0.3 is 0 Å². The number of rotatable bonds is 4. The molecule has 0 aromatic heterocycles. The molecule has 0 aromatic carbocycles. The third-order valence-corrected chi connectivity index (χ3v) is 3.87. The van der Waals surface area contributed by atoms with Gasteiger partial charge in [-0.15, -0.1) is 0 Å². The number of hydrogen-bond acceptors (Lipinski definition) is 2. The molecule has 1 heterocycles. The lowest BCUT2D eigenvalue weighted by Gasteiger charge is -2.41. The van der Waals surface area contributed by atoms with E-state index in [0.29, 0.717) is 11.5 Å². The Labute approximate surface area is 80.8 Å². The summed E-state index contributed by atoms with van der Waals surface area (Å²) in [6.45, 7) is 1.88. The first-order valence-electron chi connectivity index (χ1n) is 5.66. The van der Waals surface area contributed by atoms with Crippen molar-refractivity contribution in [3.05, 3.63) is 0 Å². The van der Waals surface area contributed by atoms with Crippen molar-refractivity contribution in [3.8, 4) is 0 Å². The van der Waals surface area contributed by atoms with E-state index in [9.17, 15) is 0 Å². The quantitative estimate of drug-likeness (QED) is 0.724. The van der Waals surface area contributed by atoms with Gasteiger partial charge in [-0.25, -0.2) is 0 Å². The van der Waals surface area contributed by atoms with Crippen molar-refractivity contribution >= 4 is 0 Å². The standard InChI is InChI=1S/C11H21NO/c12-9-11(5-2-6-11)7-4-10-3-1-8-13-10/h10H,1-9,12H2. The second kappa shape index (κ2) is 3.97. The predicted octanol–water partition coefficient (Wildman–Crippen LogP) is 2.07. The summed E-state index contributed by atoms with van der Waals surface area (Å²) < 4.78 is 5.62. The van der Waals surface area contributed by atoms with Gasteiger partial charge in [-0.3, -0.25) is 0 Å². The van der Waals surface area contributed by atoms with E-state index in [0.717, 1.165) is 13.2 Å². The maximum Gasteiger partial charge on any atom is 0.0576 e. The van der Waals surface area contributed by atoms with Crippen molar-refractivity contribution in [3.63, 3.8) is 0 Å². The van der Waals surface area contributed by atoms with Crippen LogP contribution in [0.2, 0.25) is 0 Å². The largest absolute Gasteiger partial charge is 0.378 e. The molecule has 2 rings (SSSR count). The Hall–Kier alpha value is -0.0800. The SMILES string of the molecule is NCC1(CCC2CCCO2)CCC1. The Morgan fingerprint density at radius 1 is 1.31 bits per heavy atom. The molecule has 1 saturated heterocycles. The lowest BCUT2D eigenvalue weighted by atomic mass is 9.66. The lowest BCUT2D eigenvalue weighted by molar-refractivity contribution is 0.0642. The molecule has 1 saturated carbocycles.